The van der Waals surface area contributed by atoms with Gasteiger partial charge < -0.3 is 9.84 Å². The largest absolute Gasteiger partial charge is 0.338 e. The van der Waals surface area contributed by atoms with E-state index in [0.717, 1.165) is 18.7 Å². The van der Waals surface area contributed by atoms with Crippen LogP contribution in [0.3, 0.4) is 0 Å². The van der Waals surface area contributed by atoms with Gasteiger partial charge in [-0.2, -0.15) is 4.98 Å². The number of nitrogens with zero attached hydrogens (tertiary/aromatic N) is 2. The first-order chi connectivity index (χ1) is 9.67. The first-order valence-corrected chi connectivity index (χ1v) is 7.24. The lowest BCUT2D eigenvalue weighted by molar-refractivity contribution is 0.332. The second kappa shape index (κ2) is 6.18. The monoisotopic (exact) mass is 273 g/mol. The maximum Gasteiger partial charge on any atom is 0.243 e. The third-order valence-corrected chi connectivity index (χ3v) is 4.21. The van der Waals surface area contributed by atoms with Crippen LogP contribution in [0.2, 0.25) is 0 Å². The molecule has 0 aliphatic heterocycles. The van der Waals surface area contributed by atoms with Crippen molar-refractivity contribution in [3.05, 3.63) is 47.6 Å². The molecular formula is C16H23N3O. The Labute approximate surface area is 120 Å². The number of hydrogen-bond acceptors (Lipinski definition) is 4. The molecule has 0 spiro atoms. The van der Waals surface area contributed by atoms with Crippen LogP contribution in [0.5, 0.6) is 0 Å². The molecule has 1 heterocycles. The lowest BCUT2D eigenvalue weighted by atomic mass is 9.75. The van der Waals surface area contributed by atoms with Crippen LogP contribution in [0.1, 0.15) is 56.9 Å². The molecule has 0 aliphatic carbocycles. The molecule has 4 nitrogen and oxygen atoms in total. The van der Waals surface area contributed by atoms with Crippen molar-refractivity contribution in [2.24, 2.45) is 0 Å². The van der Waals surface area contributed by atoms with Crippen LogP contribution in [0.15, 0.2) is 34.9 Å². The Morgan fingerprint density at radius 1 is 1.20 bits per heavy atom. The minimum Gasteiger partial charge on any atom is -0.338 e. The van der Waals surface area contributed by atoms with Gasteiger partial charge in [-0.25, -0.2) is 0 Å². The Morgan fingerprint density at radius 3 is 2.40 bits per heavy atom. The summed E-state index contributed by atoms with van der Waals surface area (Å²) in [6.45, 7) is 6.36. The van der Waals surface area contributed by atoms with Crippen molar-refractivity contribution < 1.29 is 4.52 Å². The molecule has 20 heavy (non-hydrogen) atoms. The first kappa shape index (κ1) is 14.7. The van der Waals surface area contributed by atoms with Gasteiger partial charge in [-0.05, 0) is 32.4 Å². The van der Waals surface area contributed by atoms with E-state index in [4.69, 9.17) is 4.52 Å². The Bertz CT molecular complexity index is 532. The predicted octanol–water partition coefficient (Wildman–Crippen LogP) is 3.46. The van der Waals surface area contributed by atoms with E-state index in [0.29, 0.717) is 5.89 Å². The molecule has 108 valence electrons. The van der Waals surface area contributed by atoms with Crippen LogP contribution in [0.25, 0.3) is 0 Å². The molecule has 1 aromatic heterocycles. The summed E-state index contributed by atoms with van der Waals surface area (Å²) in [6, 6.07) is 10.5. The Kier molecular flexibility index (Phi) is 4.55. The molecular weight excluding hydrogens is 250 g/mol. The van der Waals surface area contributed by atoms with Crippen LogP contribution in [-0.2, 0) is 5.41 Å². The zero-order valence-electron chi connectivity index (χ0n) is 12.7. The van der Waals surface area contributed by atoms with E-state index < -0.39 is 0 Å². The average Bonchev–Trinajstić information content (AvgIpc) is 3.00. The van der Waals surface area contributed by atoms with Gasteiger partial charge in [0.05, 0.1) is 11.5 Å². The Hall–Kier alpha value is -1.68. The smallest absolute Gasteiger partial charge is 0.243 e. The Morgan fingerprint density at radius 2 is 1.85 bits per heavy atom. The Balaban J connectivity index is 2.46. The fraction of sp³-hybridized carbons (Fsp3) is 0.500. The lowest BCUT2D eigenvalue weighted by Crippen LogP contribution is -2.27. The second-order valence-electron chi connectivity index (χ2n) is 5.12. The summed E-state index contributed by atoms with van der Waals surface area (Å²) in [5, 5.41) is 7.38. The number of benzene rings is 1. The number of nitrogens with one attached hydrogen (secondary N) is 1. The summed E-state index contributed by atoms with van der Waals surface area (Å²) in [4.78, 5) is 4.63. The summed E-state index contributed by atoms with van der Waals surface area (Å²) in [5.74, 6) is 1.43. The quantitative estimate of drug-likeness (QED) is 0.875. The van der Waals surface area contributed by atoms with Crippen LogP contribution in [-0.4, -0.2) is 17.2 Å². The van der Waals surface area contributed by atoms with Gasteiger partial charge in [0.2, 0.25) is 5.89 Å². The van der Waals surface area contributed by atoms with E-state index in [-0.39, 0.29) is 11.5 Å². The minimum absolute atomic E-state index is 0.0680. The third kappa shape index (κ3) is 2.48. The van der Waals surface area contributed by atoms with Crippen molar-refractivity contribution in [2.75, 3.05) is 7.05 Å². The zero-order chi connectivity index (χ0) is 14.6. The highest BCUT2D eigenvalue weighted by Crippen LogP contribution is 2.37. The van der Waals surface area contributed by atoms with Crippen LogP contribution in [0.4, 0.5) is 0 Å². The summed E-state index contributed by atoms with van der Waals surface area (Å²) >= 11 is 0. The van der Waals surface area contributed by atoms with Crippen molar-refractivity contribution in [1.82, 2.24) is 15.5 Å². The summed E-state index contributed by atoms with van der Waals surface area (Å²) < 4.78 is 5.42. The number of rotatable bonds is 6. The molecule has 0 fully saturated rings. The van der Waals surface area contributed by atoms with Crippen molar-refractivity contribution in [1.29, 1.82) is 0 Å². The molecule has 1 N–H and O–H groups in total. The normalized spacial score (nSPS) is 13.4. The van der Waals surface area contributed by atoms with E-state index >= 15 is 0 Å². The van der Waals surface area contributed by atoms with Crippen molar-refractivity contribution in [3.8, 4) is 0 Å². The highest BCUT2D eigenvalue weighted by molar-refractivity contribution is 5.32. The van der Waals surface area contributed by atoms with Gasteiger partial charge in [0.1, 0.15) is 0 Å². The molecule has 4 heteroatoms. The topological polar surface area (TPSA) is 51.0 Å². The van der Waals surface area contributed by atoms with E-state index in [1.54, 1.807) is 0 Å². The number of hydrogen-bond donors (Lipinski definition) is 1. The predicted molar refractivity (Wildman–Crippen MR) is 79.6 cm³/mol. The standard InChI is InChI=1S/C16H23N3O/c1-5-16(6-2,13-10-8-7-9-11-13)15-18-14(20-19-15)12(3)17-4/h7-12,17H,5-6H2,1-4H3. The van der Waals surface area contributed by atoms with Gasteiger partial charge >= 0.3 is 0 Å². The van der Waals surface area contributed by atoms with Crippen LogP contribution < -0.4 is 5.32 Å². The summed E-state index contributed by atoms with van der Waals surface area (Å²) in [7, 11) is 1.89. The van der Waals surface area contributed by atoms with Gasteiger partial charge in [-0.15, -0.1) is 0 Å². The molecule has 0 aliphatic rings. The van der Waals surface area contributed by atoms with Gasteiger partial charge in [-0.3, -0.25) is 0 Å². The van der Waals surface area contributed by atoms with E-state index in [9.17, 15) is 0 Å². The molecule has 2 rings (SSSR count). The highest BCUT2D eigenvalue weighted by Gasteiger charge is 2.35. The summed E-state index contributed by atoms with van der Waals surface area (Å²) in [6.07, 6.45) is 1.89. The maximum absolute atomic E-state index is 5.42. The molecule has 0 saturated heterocycles. The van der Waals surface area contributed by atoms with E-state index in [1.165, 1.54) is 5.56 Å². The SMILES string of the molecule is CCC(CC)(c1ccccc1)c1noc(C(C)NC)n1. The second-order valence-corrected chi connectivity index (χ2v) is 5.12. The molecule has 1 aromatic carbocycles. The van der Waals surface area contributed by atoms with Crippen molar-refractivity contribution in [3.63, 3.8) is 0 Å². The minimum atomic E-state index is -0.170. The number of aromatic nitrogens is 2. The molecule has 2 aromatic rings. The van der Waals surface area contributed by atoms with Crippen LogP contribution in [0, 0.1) is 0 Å². The average molecular weight is 273 g/mol. The zero-order valence-corrected chi connectivity index (χ0v) is 12.7. The van der Waals surface area contributed by atoms with Crippen molar-refractivity contribution >= 4 is 0 Å². The van der Waals surface area contributed by atoms with Gasteiger partial charge in [0, 0.05) is 0 Å². The molecule has 0 radical (unpaired) electrons. The molecule has 0 bridgehead atoms. The highest BCUT2D eigenvalue weighted by atomic mass is 16.5. The molecule has 0 amide bonds. The first-order valence-electron chi connectivity index (χ1n) is 7.24. The molecule has 1 unspecified atom stereocenters. The molecule has 0 saturated carbocycles. The fourth-order valence-electron chi connectivity index (χ4n) is 2.59. The fourth-order valence-corrected chi connectivity index (χ4v) is 2.59. The lowest BCUT2D eigenvalue weighted by Gasteiger charge is -2.28. The third-order valence-electron chi connectivity index (χ3n) is 4.21. The molecule has 1 atom stereocenters. The van der Waals surface area contributed by atoms with Gasteiger partial charge in [0.15, 0.2) is 5.82 Å². The van der Waals surface area contributed by atoms with Gasteiger partial charge in [0.25, 0.3) is 0 Å². The summed E-state index contributed by atoms with van der Waals surface area (Å²) in [5.41, 5.74) is 1.07. The van der Waals surface area contributed by atoms with E-state index in [2.05, 4.69) is 53.6 Å². The van der Waals surface area contributed by atoms with Crippen LogP contribution >= 0.6 is 0 Å². The maximum atomic E-state index is 5.42. The van der Waals surface area contributed by atoms with Crippen molar-refractivity contribution in [2.45, 2.75) is 45.1 Å². The van der Waals surface area contributed by atoms with E-state index in [1.807, 2.05) is 20.0 Å². The van der Waals surface area contributed by atoms with Gasteiger partial charge in [-0.1, -0.05) is 49.3 Å².